The number of hydrogen-bond acceptors (Lipinski definition) is 5. The number of hydrogen-bond donors (Lipinski definition) is 3. The zero-order valence-corrected chi connectivity index (χ0v) is 9.58. The lowest BCUT2D eigenvalue weighted by atomic mass is 10.2. The smallest absolute Gasteiger partial charge is 0.158 e. The van der Waals surface area contributed by atoms with E-state index in [0.717, 1.165) is 21.1 Å². The highest BCUT2D eigenvalue weighted by Crippen LogP contribution is 2.33. The average molecular weight is 236 g/mol. The standard InChI is InChI=1S/C11H12N2O2S/c1-6-10(5-12)16-11(13-6)7-2-3-8(14)9(15)4-7/h2-4,14-15H,5,12H2,1H3. The van der Waals surface area contributed by atoms with E-state index in [1.165, 1.54) is 23.5 Å². The summed E-state index contributed by atoms with van der Waals surface area (Å²) in [5.41, 5.74) is 7.27. The molecule has 0 bridgehead atoms. The minimum absolute atomic E-state index is 0.129. The molecule has 5 heteroatoms. The topological polar surface area (TPSA) is 79.4 Å². The fourth-order valence-corrected chi connectivity index (χ4v) is 2.33. The monoisotopic (exact) mass is 236 g/mol. The molecule has 0 aliphatic carbocycles. The molecule has 2 rings (SSSR count). The number of phenols is 2. The first kappa shape index (κ1) is 10.9. The van der Waals surface area contributed by atoms with Crippen LogP contribution in [0.4, 0.5) is 0 Å². The van der Waals surface area contributed by atoms with Crippen LogP contribution in [0.1, 0.15) is 10.6 Å². The molecule has 2 aromatic rings. The second-order valence-corrected chi connectivity index (χ2v) is 4.52. The van der Waals surface area contributed by atoms with Crippen molar-refractivity contribution in [3.05, 3.63) is 28.8 Å². The van der Waals surface area contributed by atoms with Gasteiger partial charge in [-0.3, -0.25) is 0 Å². The molecule has 0 aliphatic rings. The molecule has 0 radical (unpaired) electrons. The number of phenolic OH excluding ortho intramolecular Hbond substituents is 2. The predicted molar refractivity (Wildman–Crippen MR) is 63.5 cm³/mol. The number of aromatic hydroxyl groups is 2. The Hall–Kier alpha value is -1.59. The van der Waals surface area contributed by atoms with E-state index in [0.29, 0.717) is 6.54 Å². The van der Waals surface area contributed by atoms with Gasteiger partial charge in [0.1, 0.15) is 5.01 Å². The van der Waals surface area contributed by atoms with Gasteiger partial charge in [-0.05, 0) is 25.1 Å². The maximum atomic E-state index is 9.40. The zero-order chi connectivity index (χ0) is 11.7. The summed E-state index contributed by atoms with van der Waals surface area (Å²) in [6.45, 7) is 2.37. The second-order valence-electron chi connectivity index (χ2n) is 3.44. The fraction of sp³-hybridized carbons (Fsp3) is 0.182. The molecule has 16 heavy (non-hydrogen) atoms. The Balaban J connectivity index is 2.46. The summed E-state index contributed by atoms with van der Waals surface area (Å²) in [5, 5.41) is 19.4. The van der Waals surface area contributed by atoms with E-state index in [2.05, 4.69) is 4.98 Å². The van der Waals surface area contributed by atoms with E-state index in [-0.39, 0.29) is 11.5 Å². The van der Waals surface area contributed by atoms with Gasteiger partial charge in [0.05, 0.1) is 5.69 Å². The molecule has 84 valence electrons. The zero-order valence-electron chi connectivity index (χ0n) is 8.77. The van der Waals surface area contributed by atoms with E-state index in [1.807, 2.05) is 6.92 Å². The molecular formula is C11H12N2O2S. The SMILES string of the molecule is Cc1nc(-c2ccc(O)c(O)c2)sc1CN. The van der Waals surface area contributed by atoms with E-state index in [9.17, 15) is 10.2 Å². The minimum atomic E-state index is -0.139. The molecule has 0 spiro atoms. The van der Waals surface area contributed by atoms with Crippen molar-refractivity contribution in [2.45, 2.75) is 13.5 Å². The van der Waals surface area contributed by atoms with Crippen molar-refractivity contribution in [2.24, 2.45) is 5.73 Å². The highest BCUT2D eigenvalue weighted by Gasteiger charge is 2.09. The number of benzene rings is 1. The highest BCUT2D eigenvalue weighted by molar-refractivity contribution is 7.15. The van der Waals surface area contributed by atoms with Gasteiger partial charge in [0.2, 0.25) is 0 Å². The molecule has 0 aliphatic heterocycles. The van der Waals surface area contributed by atoms with E-state index < -0.39 is 0 Å². The lowest BCUT2D eigenvalue weighted by Crippen LogP contribution is -1.94. The van der Waals surface area contributed by atoms with Gasteiger partial charge < -0.3 is 15.9 Å². The molecule has 0 unspecified atom stereocenters. The number of aromatic nitrogens is 1. The van der Waals surface area contributed by atoms with Crippen LogP contribution in [-0.4, -0.2) is 15.2 Å². The van der Waals surface area contributed by atoms with Gasteiger partial charge >= 0.3 is 0 Å². The minimum Gasteiger partial charge on any atom is -0.504 e. The van der Waals surface area contributed by atoms with Crippen molar-refractivity contribution in [2.75, 3.05) is 0 Å². The molecule has 4 N–H and O–H groups in total. The first-order valence-corrected chi connectivity index (χ1v) is 5.62. The predicted octanol–water partition coefficient (Wildman–Crippen LogP) is 1.99. The summed E-state index contributed by atoms with van der Waals surface area (Å²) >= 11 is 1.50. The van der Waals surface area contributed by atoms with Gasteiger partial charge in [0.25, 0.3) is 0 Å². The van der Waals surface area contributed by atoms with Crippen LogP contribution >= 0.6 is 11.3 Å². The number of aryl methyl sites for hydroxylation is 1. The van der Waals surface area contributed by atoms with Crippen molar-refractivity contribution in [3.8, 4) is 22.1 Å². The average Bonchev–Trinajstić information content (AvgIpc) is 2.64. The van der Waals surface area contributed by atoms with Crippen LogP contribution in [0.5, 0.6) is 11.5 Å². The third-order valence-corrected chi connectivity index (χ3v) is 3.53. The number of nitrogens with zero attached hydrogens (tertiary/aromatic N) is 1. The van der Waals surface area contributed by atoms with Crippen LogP contribution in [0, 0.1) is 6.92 Å². The molecule has 4 nitrogen and oxygen atoms in total. The van der Waals surface area contributed by atoms with Crippen molar-refractivity contribution in [3.63, 3.8) is 0 Å². The molecule has 1 heterocycles. The van der Waals surface area contributed by atoms with Crippen molar-refractivity contribution in [1.29, 1.82) is 0 Å². The van der Waals surface area contributed by atoms with Crippen molar-refractivity contribution >= 4 is 11.3 Å². The molecular weight excluding hydrogens is 224 g/mol. The van der Waals surface area contributed by atoms with E-state index >= 15 is 0 Å². The third kappa shape index (κ3) is 1.87. The third-order valence-electron chi connectivity index (χ3n) is 2.30. The number of rotatable bonds is 2. The Morgan fingerprint density at radius 1 is 1.31 bits per heavy atom. The van der Waals surface area contributed by atoms with Gasteiger partial charge in [0.15, 0.2) is 11.5 Å². The first-order valence-electron chi connectivity index (χ1n) is 4.80. The van der Waals surface area contributed by atoms with E-state index in [4.69, 9.17) is 5.73 Å². The highest BCUT2D eigenvalue weighted by atomic mass is 32.1. The lowest BCUT2D eigenvalue weighted by molar-refractivity contribution is 0.404. The Morgan fingerprint density at radius 3 is 2.62 bits per heavy atom. The lowest BCUT2D eigenvalue weighted by Gasteiger charge is -1.99. The van der Waals surface area contributed by atoms with Gasteiger partial charge in [-0.2, -0.15) is 0 Å². The summed E-state index contributed by atoms with van der Waals surface area (Å²) < 4.78 is 0. The summed E-state index contributed by atoms with van der Waals surface area (Å²) in [7, 11) is 0. The van der Waals surface area contributed by atoms with Crippen LogP contribution in [0.3, 0.4) is 0 Å². The largest absolute Gasteiger partial charge is 0.504 e. The number of thiazole rings is 1. The maximum Gasteiger partial charge on any atom is 0.158 e. The Morgan fingerprint density at radius 2 is 2.06 bits per heavy atom. The molecule has 0 saturated heterocycles. The van der Waals surface area contributed by atoms with Gasteiger partial charge in [-0.25, -0.2) is 4.98 Å². The Labute approximate surface area is 97.0 Å². The summed E-state index contributed by atoms with van der Waals surface area (Å²) in [4.78, 5) is 5.40. The van der Waals surface area contributed by atoms with Crippen molar-refractivity contribution < 1.29 is 10.2 Å². The van der Waals surface area contributed by atoms with Crippen LogP contribution in [0.15, 0.2) is 18.2 Å². The molecule has 0 atom stereocenters. The maximum absolute atomic E-state index is 9.40. The van der Waals surface area contributed by atoms with Crippen molar-refractivity contribution in [1.82, 2.24) is 4.98 Å². The Bertz CT molecular complexity index is 523. The quantitative estimate of drug-likeness (QED) is 0.697. The first-order chi connectivity index (χ1) is 7.61. The van der Waals surface area contributed by atoms with Crippen LogP contribution in [0.2, 0.25) is 0 Å². The normalized spacial score (nSPS) is 10.6. The number of nitrogens with two attached hydrogens (primary N) is 1. The fourth-order valence-electron chi connectivity index (χ4n) is 1.40. The van der Waals surface area contributed by atoms with E-state index in [1.54, 1.807) is 6.07 Å². The Kier molecular flexibility index (Phi) is 2.80. The summed E-state index contributed by atoms with van der Waals surface area (Å²) in [6.07, 6.45) is 0. The van der Waals surface area contributed by atoms with Crippen LogP contribution in [-0.2, 0) is 6.54 Å². The van der Waals surface area contributed by atoms with Gasteiger partial charge in [-0.1, -0.05) is 0 Å². The summed E-state index contributed by atoms with van der Waals surface area (Å²) in [5.74, 6) is -0.268. The molecule has 1 aromatic heterocycles. The van der Waals surface area contributed by atoms with Crippen LogP contribution < -0.4 is 5.73 Å². The second kappa shape index (κ2) is 4.11. The van der Waals surface area contributed by atoms with Gasteiger partial charge in [-0.15, -0.1) is 11.3 Å². The van der Waals surface area contributed by atoms with Crippen LogP contribution in [0.25, 0.3) is 10.6 Å². The molecule has 0 fully saturated rings. The summed E-state index contributed by atoms with van der Waals surface area (Å²) in [6, 6.07) is 4.66. The molecule has 1 aromatic carbocycles. The van der Waals surface area contributed by atoms with Gasteiger partial charge in [0, 0.05) is 17.0 Å². The molecule has 0 saturated carbocycles. The molecule has 0 amide bonds.